The summed E-state index contributed by atoms with van der Waals surface area (Å²) in [6, 6.07) is 0.252. The van der Waals surface area contributed by atoms with Gasteiger partial charge in [0.1, 0.15) is 5.88 Å². The number of halogens is 1. The number of carbonyl (C=O) groups excluding carboxylic acids is 1. The fraction of sp³-hybridized carbons (Fsp3) is 0.692. The molecule has 0 bridgehead atoms. The molecular formula is C13H19ClN2O2S. The van der Waals surface area contributed by atoms with Gasteiger partial charge in [-0.3, -0.25) is 4.79 Å². The van der Waals surface area contributed by atoms with Crippen LogP contribution in [0, 0.1) is 6.92 Å². The lowest BCUT2D eigenvalue weighted by atomic mass is 9.87. The Morgan fingerprint density at radius 2 is 2.37 bits per heavy atom. The van der Waals surface area contributed by atoms with Crippen molar-refractivity contribution in [1.29, 1.82) is 0 Å². The van der Waals surface area contributed by atoms with E-state index in [1.807, 2.05) is 24.1 Å². The molecule has 1 fully saturated rings. The molecule has 0 saturated heterocycles. The Morgan fingerprint density at radius 1 is 1.63 bits per heavy atom. The van der Waals surface area contributed by atoms with Crippen molar-refractivity contribution in [2.24, 2.45) is 0 Å². The first-order chi connectivity index (χ1) is 9.15. The van der Waals surface area contributed by atoms with Crippen molar-refractivity contribution in [1.82, 2.24) is 9.27 Å². The fourth-order valence-electron chi connectivity index (χ4n) is 2.31. The van der Waals surface area contributed by atoms with Crippen molar-refractivity contribution >= 4 is 29.0 Å². The molecule has 0 unspecified atom stereocenters. The molecule has 0 radical (unpaired) electrons. The maximum absolute atomic E-state index is 12.0. The van der Waals surface area contributed by atoms with Crippen LogP contribution in [-0.4, -0.2) is 39.8 Å². The summed E-state index contributed by atoms with van der Waals surface area (Å²) < 4.78 is 9.80. The minimum absolute atomic E-state index is 0.00721. The second-order valence-electron chi connectivity index (χ2n) is 4.78. The zero-order chi connectivity index (χ0) is 13.8. The van der Waals surface area contributed by atoms with E-state index < -0.39 is 0 Å². The van der Waals surface area contributed by atoms with E-state index in [0.717, 1.165) is 30.7 Å². The van der Waals surface area contributed by atoms with Gasteiger partial charge in [0.25, 0.3) is 0 Å². The number of aryl methyl sites for hydroxylation is 1. The van der Waals surface area contributed by atoms with Gasteiger partial charge in [0.05, 0.1) is 11.8 Å². The Hall–Kier alpha value is -0.650. The minimum atomic E-state index is -0.00721. The first-order valence-corrected chi connectivity index (χ1v) is 7.89. The van der Waals surface area contributed by atoms with E-state index in [1.54, 1.807) is 0 Å². The summed E-state index contributed by atoms with van der Waals surface area (Å²) in [4.78, 5) is 13.9. The van der Waals surface area contributed by atoms with Crippen molar-refractivity contribution in [2.75, 3.05) is 12.5 Å². The van der Waals surface area contributed by atoms with Gasteiger partial charge >= 0.3 is 0 Å². The highest BCUT2D eigenvalue weighted by Gasteiger charge is 2.36. The van der Waals surface area contributed by atoms with E-state index in [0.29, 0.717) is 12.6 Å². The van der Waals surface area contributed by atoms with Gasteiger partial charge in [0.2, 0.25) is 5.91 Å². The molecule has 0 aliphatic heterocycles. The summed E-state index contributed by atoms with van der Waals surface area (Å²) in [6.07, 6.45) is 2.11. The third kappa shape index (κ3) is 3.46. The lowest BCUT2D eigenvalue weighted by molar-refractivity contribution is -0.137. The Morgan fingerprint density at radius 3 is 2.89 bits per heavy atom. The summed E-state index contributed by atoms with van der Waals surface area (Å²) in [7, 11) is 0. The van der Waals surface area contributed by atoms with Gasteiger partial charge in [-0.2, -0.15) is 4.37 Å². The second kappa shape index (κ2) is 6.68. The lowest BCUT2D eigenvalue weighted by Gasteiger charge is -2.42. The maximum atomic E-state index is 12.0. The van der Waals surface area contributed by atoms with Gasteiger partial charge in [-0.15, -0.1) is 11.6 Å². The Kier molecular flexibility index (Phi) is 5.19. The van der Waals surface area contributed by atoms with Crippen molar-refractivity contribution in [3.63, 3.8) is 0 Å². The lowest BCUT2D eigenvalue weighted by Crippen LogP contribution is -2.50. The van der Waals surface area contributed by atoms with Crippen LogP contribution >= 0.6 is 23.1 Å². The van der Waals surface area contributed by atoms with Crippen molar-refractivity contribution < 1.29 is 9.53 Å². The molecule has 1 aliphatic carbocycles. The largest absolute Gasteiger partial charge is 0.378 e. The molecule has 1 aromatic rings. The smallest absolute Gasteiger partial charge is 0.238 e. The Balaban J connectivity index is 1.98. The molecular weight excluding hydrogens is 284 g/mol. The molecule has 106 valence electrons. The van der Waals surface area contributed by atoms with Crippen molar-refractivity contribution in [3.05, 3.63) is 16.6 Å². The first-order valence-electron chi connectivity index (χ1n) is 6.52. The molecule has 1 saturated carbocycles. The maximum Gasteiger partial charge on any atom is 0.238 e. The van der Waals surface area contributed by atoms with Gasteiger partial charge in [-0.1, -0.05) is 0 Å². The summed E-state index contributed by atoms with van der Waals surface area (Å²) in [5, 5.41) is 2.00. The average molecular weight is 303 g/mol. The summed E-state index contributed by atoms with van der Waals surface area (Å²) in [5.74, 6) is 0.0269. The number of rotatable bonds is 6. The van der Waals surface area contributed by atoms with Crippen LogP contribution in [0.2, 0.25) is 0 Å². The number of aromatic nitrogens is 1. The highest BCUT2D eigenvalue weighted by molar-refractivity contribution is 7.03. The molecule has 1 heterocycles. The second-order valence-corrected chi connectivity index (χ2v) is 5.68. The number of alkyl halides is 1. The van der Waals surface area contributed by atoms with Crippen LogP contribution in [0.4, 0.5) is 0 Å². The number of hydrogen-bond donors (Lipinski definition) is 0. The zero-order valence-electron chi connectivity index (χ0n) is 11.3. The molecule has 0 N–H and O–H groups in total. The SMILES string of the molecule is CCOC1CC(N(Cc2csnc2C)C(=O)CCl)C1. The van der Waals surface area contributed by atoms with Crippen LogP contribution in [0.1, 0.15) is 31.0 Å². The number of carbonyl (C=O) groups is 1. The van der Waals surface area contributed by atoms with Gasteiger partial charge in [0.15, 0.2) is 0 Å². The predicted octanol–water partition coefficient (Wildman–Crippen LogP) is 2.59. The summed E-state index contributed by atoms with van der Waals surface area (Å²) >= 11 is 7.14. The molecule has 2 rings (SSSR count). The Bertz CT molecular complexity index is 432. The molecule has 0 aromatic carbocycles. The standard InChI is InChI=1S/C13H19ClN2O2S/c1-3-18-12-4-11(5-12)16(13(17)6-14)7-10-8-19-15-9(10)2/h8,11-12H,3-7H2,1-2H3. The predicted molar refractivity (Wildman–Crippen MR) is 76.6 cm³/mol. The normalized spacial score (nSPS) is 22.1. The molecule has 4 nitrogen and oxygen atoms in total. The molecule has 1 aromatic heterocycles. The van der Waals surface area contributed by atoms with E-state index >= 15 is 0 Å². The number of nitrogens with zero attached hydrogens (tertiary/aromatic N) is 2. The third-order valence-corrected chi connectivity index (χ3v) is 4.54. The average Bonchev–Trinajstić information content (AvgIpc) is 2.76. The highest BCUT2D eigenvalue weighted by Crippen LogP contribution is 2.30. The number of hydrogen-bond acceptors (Lipinski definition) is 4. The van der Waals surface area contributed by atoms with Crippen LogP contribution < -0.4 is 0 Å². The summed E-state index contributed by atoms with van der Waals surface area (Å²) in [5.41, 5.74) is 2.11. The van der Waals surface area contributed by atoms with E-state index in [1.165, 1.54) is 11.5 Å². The van der Waals surface area contributed by atoms with Crippen LogP contribution in [0.5, 0.6) is 0 Å². The highest BCUT2D eigenvalue weighted by atomic mass is 35.5. The van der Waals surface area contributed by atoms with Crippen LogP contribution in [0.25, 0.3) is 0 Å². The van der Waals surface area contributed by atoms with E-state index in [2.05, 4.69) is 4.37 Å². The molecule has 19 heavy (non-hydrogen) atoms. The Labute approximate surface area is 122 Å². The van der Waals surface area contributed by atoms with Gasteiger partial charge in [0, 0.05) is 30.1 Å². The topological polar surface area (TPSA) is 42.4 Å². The van der Waals surface area contributed by atoms with Crippen LogP contribution in [0.3, 0.4) is 0 Å². The summed E-state index contributed by atoms with van der Waals surface area (Å²) in [6.45, 7) is 5.31. The van der Waals surface area contributed by atoms with Crippen molar-refractivity contribution in [3.8, 4) is 0 Å². The monoisotopic (exact) mass is 302 g/mol. The first kappa shape index (κ1) is 14.8. The molecule has 0 spiro atoms. The van der Waals surface area contributed by atoms with Crippen LogP contribution in [-0.2, 0) is 16.1 Å². The van der Waals surface area contributed by atoms with Gasteiger partial charge in [-0.05, 0) is 38.2 Å². The molecule has 6 heteroatoms. The number of ether oxygens (including phenoxy) is 1. The molecule has 1 amide bonds. The minimum Gasteiger partial charge on any atom is -0.378 e. The van der Waals surface area contributed by atoms with E-state index in [4.69, 9.17) is 16.3 Å². The molecule has 1 aliphatic rings. The van der Waals surface area contributed by atoms with Crippen LogP contribution in [0.15, 0.2) is 5.38 Å². The third-order valence-electron chi connectivity index (χ3n) is 3.54. The van der Waals surface area contributed by atoms with Gasteiger partial charge < -0.3 is 9.64 Å². The number of amides is 1. The van der Waals surface area contributed by atoms with E-state index in [-0.39, 0.29) is 17.8 Å². The van der Waals surface area contributed by atoms with Gasteiger partial charge in [-0.25, -0.2) is 0 Å². The quantitative estimate of drug-likeness (QED) is 0.759. The van der Waals surface area contributed by atoms with E-state index in [9.17, 15) is 4.79 Å². The fourth-order valence-corrected chi connectivity index (χ4v) is 3.16. The molecule has 0 atom stereocenters. The van der Waals surface area contributed by atoms with Crippen molar-refractivity contribution in [2.45, 2.75) is 45.4 Å². The zero-order valence-corrected chi connectivity index (χ0v) is 12.8.